The van der Waals surface area contributed by atoms with Crippen LogP contribution in [0.1, 0.15) is 33.1 Å². The lowest BCUT2D eigenvalue weighted by molar-refractivity contribution is -0.0193. The van der Waals surface area contributed by atoms with Crippen molar-refractivity contribution in [1.82, 2.24) is 10.6 Å². The van der Waals surface area contributed by atoms with Crippen molar-refractivity contribution in [2.45, 2.75) is 49.6 Å². The van der Waals surface area contributed by atoms with Gasteiger partial charge in [0.05, 0.1) is 12.2 Å². The first-order valence-corrected chi connectivity index (χ1v) is 8.45. The summed E-state index contributed by atoms with van der Waals surface area (Å²) in [5, 5.41) is 6.66. The molecule has 3 rings (SSSR count). The van der Waals surface area contributed by atoms with Crippen LogP contribution in [0.15, 0.2) is 35.2 Å². The van der Waals surface area contributed by atoms with E-state index < -0.39 is 0 Å². The highest BCUT2D eigenvalue weighted by molar-refractivity contribution is 7.80. The van der Waals surface area contributed by atoms with Crippen molar-refractivity contribution in [2.24, 2.45) is 0 Å². The summed E-state index contributed by atoms with van der Waals surface area (Å²) in [5.41, 5.74) is 0.221. The quantitative estimate of drug-likeness (QED) is 0.697. The average molecular weight is 311 g/mol. The number of hydrogen-bond donors (Lipinski definition) is 3. The molecule has 0 amide bonds. The van der Waals surface area contributed by atoms with Gasteiger partial charge in [0.15, 0.2) is 0 Å². The van der Waals surface area contributed by atoms with Crippen molar-refractivity contribution in [1.29, 1.82) is 0 Å². The van der Waals surface area contributed by atoms with Gasteiger partial charge in [0.1, 0.15) is 0 Å². The van der Waals surface area contributed by atoms with Gasteiger partial charge in [0.2, 0.25) is 0 Å². The molecule has 0 aromatic heterocycles. The average Bonchev–Trinajstić information content (AvgIpc) is 2.94. The van der Waals surface area contributed by atoms with Crippen molar-refractivity contribution >= 4 is 12.6 Å². The van der Waals surface area contributed by atoms with Gasteiger partial charge in [0, 0.05) is 10.9 Å². The third-order valence-corrected chi connectivity index (χ3v) is 4.19. The first-order chi connectivity index (χ1) is 10.2. The number of benzene rings is 1. The van der Waals surface area contributed by atoms with Crippen molar-refractivity contribution in [2.75, 3.05) is 26.7 Å². The Labute approximate surface area is 135 Å². The Morgan fingerprint density at radius 3 is 2.24 bits per heavy atom. The standard InChI is InChI=1S/C9H18N2O.C6H6S.C2H6/c1-10-8-6-9(12-7-8)2-4-11-5-3-9;7-6-4-2-1-3-5-6;1-2/h8,10-11H,2-7H2,1H3;1-5,7H;1-2H3. The number of thiol groups is 1. The number of nitrogens with one attached hydrogen (secondary N) is 2. The largest absolute Gasteiger partial charge is 0.373 e. The highest BCUT2D eigenvalue weighted by Crippen LogP contribution is 2.33. The van der Waals surface area contributed by atoms with Gasteiger partial charge in [-0.1, -0.05) is 32.0 Å². The molecule has 2 fully saturated rings. The van der Waals surface area contributed by atoms with Gasteiger partial charge >= 0.3 is 0 Å². The third kappa shape index (κ3) is 6.39. The fourth-order valence-corrected chi connectivity index (χ4v) is 2.86. The summed E-state index contributed by atoms with van der Waals surface area (Å²) in [5.74, 6) is 0. The van der Waals surface area contributed by atoms with E-state index in [4.69, 9.17) is 4.74 Å². The Morgan fingerprint density at radius 1 is 1.19 bits per heavy atom. The Morgan fingerprint density at radius 2 is 1.81 bits per heavy atom. The molecule has 0 aliphatic carbocycles. The Hall–Kier alpha value is -0.550. The van der Waals surface area contributed by atoms with E-state index in [-0.39, 0.29) is 5.60 Å². The summed E-state index contributed by atoms with van der Waals surface area (Å²) >= 11 is 4.08. The van der Waals surface area contributed by atoms with E-state index in [1.807, 2.05) is 51.2 Å². The lowest BCUT2D eigenvalue weighted by Gasteiger charge is -2.32. The molecule has 4 heteroatoms. The summed E-state index contributed by atoms with van der Waals surface area (Å²) in [7, 11) is 2.02. The molecule has 2 aliphatic rings. The first-order valence-electron chi connectivity index (χ1n) is 8.00. The fraction of sp³-hybridized carbons (Fsp3) is 0.647. The monoisotopic (exact) mass is 310 g/mol. The second-order valence-corrected chi connectivity index (χ2v) is 5.79. The maximum Gasteiger partial charge on any atom is 0.0723 e. The van der Waals surface area contributed by atoms with E-state index in [2.05, 4.69) is 23.3 Å². The molecule has 1 unspecified atom stereocenters. The van der Waals surface area contributed by atoms with Crippen LogP contribution in [0.3, 0.4) is 0 Å². The minimum atomic E-state index is 0.221. The van der Waals surface area contributed by atoms with Gasteiger partial charge in [0.25, 0.3) is 0 Å². The van der Waals surface area contributed by atoms with E-state index in [1.165, 1.54) is 19.3 Å². The molecule has 2 N–H and O–H groups in total. The van der Waals surface area contributed by atoms with E-state index in [1.54, 1.807) is 0 Å². The summed E-state index contributed by atoms with van der Waals surface area (Å²) in [4.78, 5) is 1.02. The molecule has 1 aromatic carbocycles. The Bertz CT molecular complexity index is 366. The predicted molar refractivity (Wildman–Crippen MR) is 93.3 cm³/mol. The van der Waals surface area contributed by atoms with Crippen LogP contribution in [0.2, 0.25) is 0 Å². The zero-order valence-corrected chi connectivity index (χ0v) is 14.5. The zero-order valence-electron chi connectivity index (χ0n) is 13.6. The van der Waals surface area contributed by atoms with Crippen molar-refractivity contribution in [3.63, 3.8) is 0 Å². The van der Waals surface area contributed by atoms with Gasteiger partial charge in [-0.2, -0.15) is 0 Å². The molecule has 0 saturated carbocycles. The number of hydrogen-bond acceptors (Lipinski definition) is 4. The van der Waals surface area contributed by atoms with Crippen LogP contribution in [-0.4, -0.2) is 38.4 Å². The van der Waals surface area contributed by atoms with Crippen LogP contribution < -0.4 is 10.6 Å². The lowest BCUT2D eigenvalue weighted by atomic mass is 9.88. The van der Waals surface area contributed by atoms with E-state index in [9.17, 15) is 0 Å². The maximum atomic E-state index is 5.88. The molecule has 1 spiro atoms. The number of likely N-dealkylation sites (N-methyl/N-ethyl adjacent to an activating group) is 1. The highest BCUT2D eigenvalue weighted by atomic mass is 32.1. The molecular formula is C17H30N2OS. The van der Waals surface area contributed by atoms with Crippen molar-refractivity contribution in [3.8, 4) is 0 Å². The molecule has 1 aromatic rings. The van der Waals surface area contributed by atoms with Gasteiger partial charge in [-0.3, -0.25) is 0 Å². The molecule has 3 nitrogen and oxygen atoms in total. The minimum Gasteiger partial charge on any atom is -0.373 e. The van der Waals surface area contributed by atoms with Gasteiger partial charge in [-0.05, 0) is 51.5 Å². The van der Waals surface area contributed by atoms with Crippen LogP contribution in [0.5, 0.6) is 0 Å². The van der Waals surface area contributed by atoms with Gasteiger partial charge in [-0.25, -0.2) is 0 Å². The smallest absolute Gasteiger partial charge is 0.0723 e. The Kier molecular flexibility index (Phi) is 9.00. The van der Waals surface area contributed by atoms with E-state index in [0.717, 1.165) is 24.6 Å². The maximum absolute atomic E-state index is 5.88. The van der Waals surface area contributed by atoms with Crippen LogP contribution in [0.4, 0.5) is 0 Å². The lowest BCUT2D eigenvalue weighted by Crippen LogP contribution is -2.42. The van der Waals surface area contributed by atoms with Crippen LogP contribution in [0, 0.1) is 0 Å². The SMILES string of the molecule is CC.CNC1COC2(CCNCC2)C1.Sc1ccccc1. The van der Waals surface area contributed by atoms with E-state index in [0.29, 0.717) is 6.04 Å². The topological polar surface area (TPSA) is 33.3 Å². The molecule has 0 radical (unpaired) electrons. The number of rotatable bonds is 1. The molecular weight excluding hydrogens is 280 g/mol. The van der Waals surface area contributed by atoms with Crippen molar-refractivity contribution in [3.05, 3.63) is 30.3 Å². The van der Waals surface area contributed by atoms with Crippen LogP contribution in [0.25, 0.3) is 0 Å². The zero-order chi connectivity index (χ0) is 15.6. The minimum absolute atomic E-state index is 0.221. The molecule has 120 valence electrons. The van der Waals surface area contributed by atoms with Crippen LogP contribution >= 0.6 is 12.6 Å². The normalized spacial score (nSPS) is 22.8. The number of ether oxygens (including phenoxy) is 1. The number of piperidine rings is 1. The summed E-state index contributed by atoms with van der Waals surface area (Å²) in [6, 6.07) is 10.4. The Balaban J connectivity index is 0.000000210. The van der Waals surface area contributed by atoms with Gasteiger partial charge in [-0.15, -0.1) is 12.6 Å². The van der Waals surface area contributed by atoms with E-state index >= 15 is 0 Å². The summed E-state index contributed by atoms with van der Waals surface area (Å²) < 4.78 is 5.88. The van der Waals surface area contributed by atoms with Crippen molar-refractivity contribution < 1.29 is 4.74 Å². The molecule has 0 bridgehead atoms. The predicted octanol–water partition coefficient (Wildman–Crippen LogP) is 3.12. The highest BCUT2D eigenvalue weighted by Gasteiger charge is 2.40. The second-order valence-electron chi connectivity index (χ2n) is 5.27. The summed E-state index contributed by atoms with van der Waals surface area (Å²) in [6.45, 7) is 7.14. The second kappa shape index (κ2) is 10.2. The van der Waals surface area contributed by atoms with Crippen LogP contribution in [-0.2, 0) is 4.74 Å². The summed E-state index contributed by atoms with van der Waals surface area (Å²) in [6.07, 6.45) is 3.57. The molecule has 2 aliphatic heterocycles. The molecule has 2 saturated heterocycles. The van der Waals surface area contributed by atoms with Gasteiger partial charge < -0.3 is 15.4 Å². The fourth-order valence-electron chi connectivity index (χ4n) is 2.69. The molecule has 21 heavy (non-hydrogen) atoms. The first kappa shape index (κ1) is 18.5. The third-order valence-electron chi connectivity index (χ3n) is 3.89. The molecule has 2 heterocycles. The molecule has 1 atom stereocenters.